The van der Waals surface area contributed by atoms with E-state index in [9.17, 15) is 0 Å². The molecule has 1 aliphatic rings. The number of guanidine groups is 1. The molecule has 1 fully saturated rings. The van der Waals surface area contributed by atoms with Gasteiger partial charge >= 0.3 is 0 Å². The number of hydrogen-bond donors (Lipinski definition) is 2. The van der Waals surface area contributed by atoms with Crippen LogP contribution in [0.3, 0.4) is 0 Å². The van der Waals surface area contributed by atoms with Crippen molar-refractivity contribution >= 4 is 5.96 Å². The maximum atomic E-state index is 4.21. The van der Waals surface area contributed by atoms with Gasteiger partial charge in [0.05, 0.1) is 0 Å². The van der Waals surface area contributed by atoms with E-state index >= 15 is 0 Å². The van der Waals surface area contributed by atoms with Crippen LogP contribution in [0.4, 0.5) is 0 Å². The Morgan fingerprint density at radius 2 is 2.00 bits per heavy atom. The molecule has 0 aromatic heterocycles. The van der Waals surface area contributed by atoms with Crippen molar-refractivity contribution in [3.8, 4) is 0 Å². The van der Waals surface area contributed by atoms with Crippen molar-refractivity contribution in [1.29, 1.82) is 0 Å². The van der Waals surface area contributed by atoms with E-state index < -0.39 is 0 Å². The Morgan fingerprint density at radius 1 is 1.35 bits per heavy atom. The maximum absolute atomic E-state index is 4.21. The smallest absolute Gasteiger partial charge is 0.191 e. The second-order valence-corrected chi connectivity index (χ2v) is 5.33. The Labute approximate surface area is 106 Å². The summed E-state index contributed by atoms with van der Waals surface area (Å²) in [5.41, 5.74) is 0. The molecule has 0 atom stereocenters. The zero-order chi connectivity index (χ0) is 12.7. The minimum absolute atomic E-state index is 0.435. The minimum atomic E-state index is 0.435. The van der Waals surface area contributed by atoms with Crippen LogP contribution in [0.15, 0.2) is 4.99 Å². The monoisotopic (exact) mass is 240 g/mol. The SMILES string of the molecule is CN=C(NCCC1CCN(C)CC1)NC(C)C. The molecule has 0 aromatic rings. The number of hydrogen-bond acceptors (Lipinski definition) is 2. The normalized spacial score (nSPS) is 19.7. The summed E-state index contributed by atoms with van der Waals surface area (Å²) in [6.07, 6.45) is 3.94. The van der Waals surface area contributed by atoms with Crippen LogP contribution in [-0.2, 0) is 0 Å². The van der Waals surface area contributed by atoms with Crippen LogP contribution in [0.25, 0.3) is 0 Å². The van der Waals surface area contributed by atoms with E-state index in [4.69, 9.17) is 0 Å². The topological polar surface area (TPSA) is 39.7 Å². The molecule has 0 radical (unpaired) electrons. The molecule has 100 valence electrons. The third-order valence-electron chi connectivity index (χ3n) is 3.33. The average Bonchev–Trinajstić information content (AvgIpc) is 2.30. The lowest BCUT2D eigenvalue weighted by atomic mass is 9.94. The van der Waals surface area contributed by atoms with E-state index in [0.717, 1.165) is 18.4 Å². The molecule has 0 aliphatic carbocycles. The van der Waals surface area contributed by atoms with Gasteiger partial charge in [0.2, 0.25) is 0 Å². The first-order valence-electron chi connectivity index (χ1n) is 6.77. The van der Waals surface area contributed by atoms with Crippen molar-refractivity contribution in [1.82, 2.24) is 15.5 Å². The molecular formula is C13H28N4. The first-order valence-corrected chi connectivity index (χ1v) is 6.77. The molecule has 0 aromatic carbocycles. The largest absolute Gasteiger partial charge is 0.356 e. The number of rotatable bonds is 4. The fraction of sp³-hybridized carbons (Fsp3) is 0.923. The zero-order valence-corrected chi connectivity index (χ0v) is 11.8. The Hall–Kier alpha value is -0.770. The molecule has 0 bridgehead atoms. The van der Waals surface area contributed by atoms with Crippen LogP contribution in [-0.4, -0.2) is 50.6 Å². The Bertz CT molecular complexity index is 230. The van der Waals surface area contributed by atoms with Gasteiger partial charge in [-0.15, -0.1) is 0 Å². The van der Waals surface area contributed by atoms with Crippen molar-refractivity contribution in [2.45, 2.75) is 39.2 Å². The fourth-order valence-electron chi connectivity index (χ4n) is 2.21. The summed E-state index contributed by atoms with van der Waals surface area (Å²) in [6.45, 7) is 7.79. The lowest BCUT2D eigenvalue weighted by molar-refractivity contribution is 0.213. The summed E-state index contributed by atoms with van der Waals surface area (Å²) in [4.78, 5) is 6.63. The van der Waals surface area contributed by atoms with E-state index in [0.29, 0.717) is 6.04 Å². The first kappa shape index (κ1) is 14.3. The van der Waals surface area contributed by atoms with Gasteiger partial charge in [-0.3, -0.25) is 4.99 Å². The molecule has 1 aliphatic heterocycles. The molecule has 4 heteroatoms. The van der Waals surface area contributed by atoms with Crippen LogP contribution >= 0.6 is 0 Å². The van der Waals surface area contributed by atoms with Gasteiger partial charge in [0, 0.05) is 19.6 Å². The van der Waals surface area contributed by atoms with Crippen molar-refractivity contribution < 1.29 is 0 Å². The van der Waals surface area contributed by atoms with E-state index in [1.54, 1.807) is 0 Å². The van der Waals surface area contributed by atoms with Gasteiger partial charge in [0.1, 0.15) is 0 Å². The van der Waals surface area contributed by atoms with E-state index in [1.807, 2.05) is 7.05 Å². The lowest BCUT2D eigenvalue weighted by Gasteiger charge is -2.29. The van der Waals surface area contributed by atoms with E-state index in [2.05, 4.69) is 41.4 Å². The van der Waals surface area contributed by atoms with Crippen molar-refractivity contribution in [3.05, 3.63) is 0 Å². The van der Waals surface area contributed by atoms with Crippen molar-refractivity contribution in [2.75, 3.05) is 33.7 Å². The van der Waals surface area contributed by atoms with Crippen LogP contribution in [0.1, 0.15) is 33.1 Å². The fourth-order valence-corrected chi connectivity index (χ4v) is 2.21. The van der Waals surface area contributed by atoms with Gasteiger partial charge in [-0.1, -0.05) is 0 Å². The van der Waals surface area contributed by atoms with Crippen LogP contribution in [0.5, 0.6) is 0 Å². The summed E-state index contributed by atoms with van der Waals surface area (Å²) in [5.74, 6) is 1.81. The molecule has 17 heavy (non-hydrogen) atoms. The summed E-state index contributed by atoms with van der Waals surface area (Å²) < 4.78 is 0. The second-order valence-electron chi connectivity index (χ2n) is 5.33. The molecule has 0 spiro atoms. The number of nitrogens with zero attached hydrogens (tertiary/aromatic N) is 2. The van der Waals surface area contributed by atoms with E-state index in [1.165, 1.54) is 32.4 Å². The molecule has 1 saturated heterocycles. The number of aliphatic imine (C=N–C) groups is 1. The lowest BCUT2D eigenvalue weighted by Crippen LogP contribution is -2.42. The molecule has 0 unspecified atom stereocenters. The molecule has 0 amide bonds. The van der Waals surface area contributed by atoms with Gasteiger partial charge in [-0.2, -0.15) is 0 Å². The number of piperidine rings is 1. The predicted molar refractivity (Wildman–Crippen MR) is 74.5 cm³/mol. The number of nitrogens with one attached hydrogen (secondary N) is 2. The summed E-state index contributed by atoms with van der Waals surface area (Å²) >= 11 is 0. The van der Waals surface area contributed by atoms with Crippen LogP contribution in [0, 0.1) is 5.92 Å². The summed E-state index contributed by atoms with van der Waals surface area (Å²) in [7, 11) is 4.04. The molecular weight excluding hydrogens is 212 g/mol. The highest BCUT2D eigenvalue weighted by Gasteiger charge is 2.16. The minimum Gasteiger partial charge on any atom is -0.356 e. The third kappa shape index (κ3) is 5.91. The maximum Gasteiger partial charge on any atom is 0.191 e. The highest BCUT2D eigenvalue weighted by molar-refractivity contribution is 5.79. The summed E-state index contributed by atoms with van der Waals surface area (Å²) in [6, 6.07) is 0.435. The Balaban J connectivity index is 2.14. The average molecular weight is 240 g/mol. The summed E-state index contributed by atoms with van der Waals surface area (Å²) in [5, 5.41) is 6.69. The van der Waals surface area contributed by atoms with Crippen molar-refractivity contribution in [3.63, 3.8) is 0 Å². The van der Waals surface area contributed by atoms with Gasteiger partial charge in [0.25, 0.3) is 0 Å². The van der Waals surface area contributed by atoms with Crippen LogP contribution < -0.4 is 10.6 Å². The molecule has 0 saturated carbocycles. The van der Waals surface area contributed by atoms with Gasteiger partial charge in [-0.05, 0) is 59.2 Å². The molecule has 2 N–H and O–H groups in total. The second kappa shape index (κ2) is 7.54. The molecule has 1 rings (SSSR count). The first-order chi connectivity index (χ1) is 8.11. The zero-order valence-electron chi connectivity index (χ0n) is 11.8. The molecule has 1 heterocycles. The third-order valence-corrected chi connectivity index (χ3v) is 3.33. The van der Waals surface area contributed by atoms with Crippen molar-refractivity contribution in [2.24, 2.45) is 10.9 Å². The van der Waals surface area contributed by atoms with Crippen LogP contribution in [0.2, 0.25) is 0 Å². The Kier molecular flexibility index (Phi) is 6.34. The standard InChI is InChI=1S/C13H28N4/c1-11(2)16-13(14-3)15-8-5-12-6-9-17(4)10-7-12/h11-12H,5-10H2,1-4H3,(H2,14,15,16). The van der Waals surface area contributed by atoms with E-state index in [-0.39, 0.29) is 0 Å². The quantitative estimate of drug-likeness (QED) is 0.574. The van der Waals surface area contributed by atoms with Gasteiger partial charge in [-0.25, -0.2) is 0 Å². The number of likely N-dealkylation sites (tertiary alicyclic amines) is 1. The highest BCUT2D eigenvalue weighted by Crippen LogP contribution is 2.18. The van der Waals surface area contributed by atoms with Gasteiger partial charge < -0.3 is 15.5 Å². The highest BCUT2D eigenvalue weighted by atomic mass is 15.2. The van der Waals surface area contributed by atoms with Gasteiger partial charge in [0.15, 0.2) is 5.96 Å². The molecule has 4 nitrogen and oxygen atoms in total. The Morgan fingerprint density at radius 3 is 2.53 bits per heavy atom. The predicted octanol–water partition coefficient (Wildman–Crippen LogP) is 1.29.